The van der Waals surface area contributed by atoms with Gasteiger partial charge in [0.25, 0.3) is 5.91 Å². The normalized spacial score (nSPS) is 14.6. The van der Waals surface area contributed by atoms with E-state index < -0.39 is 0 Å². The lowest BCUT2D eigenvalue weighted by molar-refractivity contribution is 0.0383. The summed E-state index contributed by atoms with van der Waals surface area (Å²) in [6.45, 7) is 10.5. The molecule has 1 amide bonds. The smallest absolute Gasteiger partial charge is 0.270 e. The molecular formula is C21H29N5O2. The van der Waals surface area contributed by atoms with Gasteiger partial charge in [0.05, 0.1) is 13.2 Å². The minimum Gasteiger partial charge on any atom is -0.379 e. The molecule has 2 aromatic rings. The van der Waals surface area contributed by atoms with E-state index in [1.807, 2.05) is 30.3 Å². The van der Waals surface area contributed by atoms with Gasteiger partial charge >= 0.3 is 0 Å². The lowest BCUT2D eigenvalue weighted by atomic mass is 10.2. The first-order valence-electron chi connectivity index (χ1n) is 9.99. The van der Waals surface area contributed by atoms with Crippen molar-refractivity contribution < 1.29 is 9.53 Å². The number of nitrogens with zero attached hydrogens (tertiary/aromatic N) is 4. The highest BCUT2D eigenvalue weighted by Crippen LogP contribution is 2.20. The number of rotatable bonds is 8. The van der Waals surface area contributed by atoms with Crippen LogP contribution >= 0.6 is 0 Å². The van der Waals surface area contributed by atoms with Gasteiger partial charge < -0.3 is 15.0 Å². The van der Waals surface area contributed by atoms with E-state index in [0.29, 0.717) is 18.1 Å². The Bertz CT molecular complexity index is 759. The fourth-order valence-electron chi connectivity index (χ4n) is 3.22. The van der Waals surface area contributed by atoms with Crippen molar-refractivity contribution in [2.75, 3.05) is 57.4 Å². The van der Waals surface area contributed by atoms with Crippen molar-refractivity contribution in [3.8, 4) is 11.4 Å². The topological polar surface area (TPSA) is 70.6 Å². The van der Waals surface area contributed by atoms with Crippen LogP contribution in [0, 0.1) is 0 Å². The summed E-state index contributed by atoms with van der Waals surface area (Å²) in [5.74, 6) is 1.18. The summed E-state index contributed by atoms with van der Waals surface area (Å²) in [4.78, 5) is 26.4. The molecule has 2 heterocycles. The lowest BCUT2D eigenvalue weighted by Gasteiger charge is -2.26. The summed E-state index contributed by atoms with van der Waals surface area (Å²) in [6.07, 6.45) is 0. The molecule has 28 heavy (non-hydrogen) atoms. The number of anilines is 1. The van der Waals surface area contributed by atoms with Crippen LogP contribution in [0.25, 0.3) is 11.4 Å². The monoisotopic (exact) mass is 383 g/mol. The van der Waals surface area contributed by atoms with Gasteiger partial charge in [-0.15, -0.1) is 0 Å². The number of benzene rings is 1. The zero-order chi connectivity index (χ0) is 19.8. The average Bonchev–Trinajstić information content (AvgIpc) is 2.76. The second-order valence-corrected chi connectivity index (χ2v) is 6.68. The van der Waals surface area contributed by atoms with E-state index in [4.69, 9.17) is 9.72 Å². The van der Waals surface area contributed by atoms with Crippen molar-refractivity contribution in [2.45, 2.75) is 13.8 Å². The number of carbonyl (C=O) groups excluding carboxylic acids is 1. The van der Waals surface area contributed by atoms with Crippen molar-refractivity contribution in [1.82, 2.24) is 20.2 Å². The summed E-state index contributed by atoms with van der Waals surface area (Å²) in [7, 11) is 0. The van der Waals surface area contributed by atoms with Crippen LogP contribution < -0.4 is 10.2 Å². The van der Waals surface area contributed by atoms with Gasteiger partial charge in [0, 0.05) is 50.9 Å². The van der Waals surface area contributed by atoms with Gasteiger partial charge in [-0.05, 0) is 13.8 Å². The Morgan fingerprint density at radius 2 is 1.86 bits per heavy atom. The maximum atomic E-state index is 12.8. The van der Waals surface area contributed by atoms with Crippen LogP contribution in [0.5, 0.6) is 0 Å². The highest BCUT2D eigenvalue weighted by Gasteiger charge is 2.16. The van der Waals surface area contributed by atoms with Gasteiger partial charge in [0.2, 0.25) is 0 Å². The van der Waals surface area contributed by atoms with E-state index in [1.54, 1.807) is 6.07 Å². The van der Waals surface area contributed by atoms with Crippen LogP contribution in [-0.2, 0) is 4.74 Å². The molecule has 1 aliphatic heterocycles. The zero-order valence-corrected chi connectivity index (χ0v) is 16.7. The molecule has 1 aromatic carbocycles. The molecule has 7 heteroatoms. The third-order valence-corrected chi connectivity index (χ3v) is 4.88. The van der Waals surface area contributed by atoms with Crippen molar-refractivity contribution in [3.63, 3.8) is 0 Å². The van der Waals surface area contributed by atoms with Gasteiger partial charge in [-0.25, -0.2) is 9.97 Å². The molecular weight excluding hydrogens is 354 g/mol. The Labute approximate surface area is 166 Å². The van der Waals surface area contributed by atoms with Crippen molar-refractivity contribution in [3.05, 3.63) is 42.1 Å². The van der Waals surface area contributed by atoms with Crippen molar-refractivity contribution >= 4 is 11.7 Å². The third kappa shape index (κ3) is 5.27. The van der Waals surface area contributed by atoms with Crippen LogP contribution in [0.15, 0.2) is 36.4 Å². The van der Waals surface area contributed by atoms with E-state index in [9.17, 15) is 4.79 Å². The van der Waals surface area contributed by atoms with Gasteiger partial charge in [0.1, 0.15) is 11.5 Å². The Balaban J connectivity index is 1.76. The van der Waals surface area contributed by atoms with E-state index >= 15 is 0 Å². The molecule has 1 fully saturated rings. The molecule has 0 bridgehead atoms. The van der Waals surface area contributed by atoms with Gasteiger partial charge in [-0.2, -0.15) is 0 Å². The molecule has 1 N–H and O–H groups in total. The lowest BCUT2D eigenvalue weighted by Crippen LogP contribution is -2.41. The van der Waals surface area contributed by atoms with Crippen molar-refractivity contribution in [1.29, 1.82) is 0 Å². The van der Waals surface area contributed by atoms with E-state index in [-0.39, 0.29) is 5.91 Å². The SMILES string of the molecule is CCN(CC)c1cc(C(=O)NCCN2CCOCC2)nc(-c2ccccc2)n1. The highest BCUT2D eigenvalue weighted by molar-refractivity contribution is 5.93. The van der Waals surface area contributed by atoms with Crippen LogP contribution in [0.3, 0.4) is 0 Å². The second kappa shape index (κ2) is 10.1. The summed E-state index contributed by atoms with van der Waals surface area (Å²) in [5, 5.41) is 3.00. The Morgan fingerprint density at radius 1 is 1.14 bits per heavy atom. The Kier molecular flexibility index (Phi) is 7.33. The predicted molar refractivity (Wildman–Crippen MR) is 111 cm³/mol. The maximum Gasteiger partial charge on any atom is 0.270 e. The molecule has 1 saturated heterocycles. The van der Waals surface area contributed by atoms with Gasteiger partial charge in [-0.1, -0.05) is 30.3 Å². The fourth-order valence-corrected chi connectivity index (χ4v) is 3.22. The molecule has 1 aliphatic rings. The highest BCUT2D eigenvalue weighted by atomic mass is 16.5. The van der Waals surface area contributed by atoms with Gasteiger partial charge in [-0.3, -0.25) is 9.69 Å². The number of aromatic nitrogens is 2. The zero-order valence-electron chi connectivity index (χ0n) is 16.7. The number of nitrogens with one attached hydrogen (secondary N) is 1. The number of hydrogen-bond acceptors (Lipinski definition) is 6. The maximum absolute atomic E-state index is 12.8. The number of amides is 1. The number of ether oxygens (including phenoxy) is 1. The molecule has 0 radical (unpaired) electrons. The first-order valence-corrected chi connectivity index (χ1v) is 9.99. The fraction of sp³-hybridized carbons (Fsp3) is 0.476. The minimum atomic E-state index is -0.166. The minimum absolute atomic E-state index is 0.166. The van der Waals surface area contributed by atoms with Crippen LogP contribution in [0.1, 0.15) is 24.3 Å². The predicted octanol–water partition coefficient (Wildman–Crippen LogP) is 2.05. The Hall–Kier alpha value is -2.51. The third-order valence-electron chi connectivity index (χ3n) is 4.88. The Morgan fingerprint density at radius 3 is 2.54 bits per heavy atom. The molecule has 0 spiro atoms. The van der Waals surface area contributed by atoms with Crippen LogP contribution in [0.2, 0.25) is 0 Å². The average molecular weight is 383 g/mol. The summed E-state index contributed by atoms with van der Waals surface area (Å²) < 4.78 is 5.36. The molecule has 7 nitrogen and oxygen atoms in total. The second-order valence-electron chi connectivity index (χ2n) is 6.68. The molecule has 1 aromatic heterocycles. The quantitative estimate of drug-likeness (QED) is 0.752. The first-order chi connectivity index (χ1) is 13.7. The number of morpholine rings is 1. The van der Waals surface area contributed by atoms with E-state index in [0.717, 1.165) is 57.3 Å². The summed E-state index contributed by atoms with van der Waals surface area (Å²) in [6, 6.07) is 11.6. The van der Waals surface area contributed by atoms with Crippen LogP contribution in [-0.4, -0.2) is 73.3 Å². The van der Waals surface area contributed by atoms with Crippen LogP contribution in [0.4, 0.5) is 5.82 Å². The largest absolute Gasteiger partial charge is 0.379 e. The summed E-state index contributed by atoms with van der Waals surface area (Å²) >= 11 is 0. The molecule has 0 saturated carbocycles. The molecule has 150 valence electrons. The van der Waals surface area contributed by atoms with Gasteiger partial charge in [0.15, 0.2) is 5.82 Å². The van der Waals surface area contributed by atoms with E-state index in [2.05, 4.69) is 33.9 Å². The number of carbonyl (C=O) groups is 1. The van der Waals surface area contributed by atoms with Crippen molar-refractivity contribution in [2.24, 2.45) is 0 Å². The standard InChI is InChI=1S/C21H29N5O2/c1-3-26(4-2)19-16-18(23-20(24-19)17-8-6-5-7-9-17)21(27)22-10-11-25-12-14-28-15-13-25/h5-9,16H,3-4,10-15H2,1-2H3,(H,22,27). The van der Waals surface area contributed by atoms with E-state index in [1.165, 1.54) is 0 Å². The summed E-state index contributed by atoms with van der Waals surface area (Å²) in [5.41, 5.74) is 1.30. The number of hydrogen-bond donors (Lipinski definition) is 1. The first kappa shape index (κ1) is 20.2. The molecule has 0 unspecified atom stereocenters. The molecule has 3 rings (SSSR count). The molecule has 0 aliphatic carbocycles. The molecule has 0 atom stereocenters.